The molecule has 0 radical (unpaired) electrons. The Morgan fingerprint density at radius 1 is 1.42 bits per heavy atom. The molecule has 0 aromatic rings. The first-order chi connectivity index (χ1) is 5.83. The highest BCUT2D eigenvalue weighted by atomic mass is 16.5. The van der Waals surface area contributed by atoms with E-state index >= 15 is 0 Å². The third-order valence-electron chi connectivity index (χ3n) is 2.65. The number of rotatable bonds is 5. The summed E-state index contributed by atoms with van der Waals surface area (Å²) >= 11 is 0. The van der Waals surface area contributed by atoms with Crippen molar-refractivity contribution in [3.05, 3.63) is 0 Å². The second kappa shape index (κ2) is 5.55. The second-order valence-corrected chi connectivity index (χ2v) is 3.92. The van der Waals surface area contributed by atoms with Crippen molar-refractivity contribution in [3.63, 3.8) is 0 Å². The highest BCUT2D eigenvalue weighted by Gasteiger charge is 2.19. The van der Waals surface area contributed by atoms with E-state index in [-0.39, 0.29) is 0 Å². The predicted octanol–water partition coefficient (Wildman–Crippen LogP) is 1.80. The van der Waals surface area contributed by atoms with Crippen molar-refractivity contribution in [3.8, 4) is 0 Å². The Kier molecular flexibility index (Phi) is 4.62. The minimum Gasteiger partial charge on any atom is -0.385 e. The summed E-state index contributed by atoms with van der Waals surface area (Å²) in [7, 11) is 1.76. The molecule has 0 bridgehead atoms. The molecule has 0 heterocycles. The van der Waals surface area contributed by atoms with Crippen LogP contribution in [0.3, 0.4) is 0 Å². The first kappa shape index (κ1) is 10.0. The summed E-state index contributed by atoms with van der Waals surface area (Å²) in [5.41, 5.74) is 0. The van der Waals surface area contributed by atoms with Crippen molar-refractivity contribution in [1.29, 1.82) is 0 Å². The molecule has 0 amide bonds. The van der Waals surface area contributed by atoms with E-state index < -0.39 is 0 Å². The van der Waals surface area contributed by atoms with Crippen LogP contribution >= 0.6 is 0 Å². The van der Waals surface area contributed by atoms with E-state index in [4.69, 9.17) is 4.74 Å². The van der Waals surface area contributed by atoms with E-state index in [0.717, 1.165) is 31.5 Å². The molecule has 1 aliphatic carbocycles. The van der Waals surface area contributed by atoms with Gasteiger partial charge >= 0.3 is 0 Å². The fourth-order valence-electron chi connectivity index (χ4n) is 1.92. The Morgan fingerprint density at radius 2 is 2.25 bits per heavy atom. The maximum absolute atomic E-state index is 4.99. The summed E-state index contributed by atoms with van der Waals surface area (Å²) in [6.07, 6.45) is 5.28. The lowest BCUT2D eigenvalue weighted by Gasteiger charge is -2.11. The van der Waals surface area contributed by atoms with Gasteiger partial charge in [-0.2, -0.15) is 0 Å². The Labute approximate surface area is 75.7 Å². The van der Waals surface area contributed by atoms with Crippen LogP contribution in [0, 0.1) is 5.92 Å². The van der Waals surface area contributed by atoms with E-state index in [1.165, 1.54) is 19.3 Å². The normalized spacial score (nSPS) is 29.5. The van der Waals surface area contributed by atoms with Crippen LogP contribution in [0.5, 0.6) is 0 Å². The molecule has 12 heavy (non-hydrogen) atoms. The van der Waals surface area contributed by atoms with Gasteiger partial charge in [0.2, 0.25) is 0 Å². The van der Waals surface area contributed by atoms with Crippen LogP contribution in [0.1, 0.15) is 32.6 Å². The van der Waals surface area contributed by atoms with E-state index in [0.29, 0.717) is 0 Å². The molecule has 2 heteroatoms. The highest BCUT2D eigenvalue weighted by molar-refractivity contribution is 4.77. The van der Waals surface area contributed by atoms with Crippen molar-refractivity contribution in [2.75, 3.05) is 20.3 Å². The lowest BCUT2D eigenvalue weighted by Crippen LogP contribution is -2.27. The van der Waals surface area contributed by atoms with Crippen LogP contribution in [0.4, 0.5) is 0 Å². The van der Waals surface area contributed by atoms with Crippen molar-refractivity contribution in [2.24, 2.45) is 5.92 Å². The summed E-state index contributed by atoms with van der Waals surface area (Å²) in [5, 5.41) is 3.57. The number of nitrogens with one attached hydrogen (secondary N) is 1. The Morgan fingerprint density at radius 3 is 2.83 bits per heavy atom. The van der Waals surface area contributed by atoms with Crippen LogP contribution in [0.15, 0.2) is 0 Å². The van der Waals surface area contributed by atoms with Gasteiger partial charge in [-0.25, -0.2) is 0 Å². The highest BCUT2D eigenvalue weighted by Crippen LogP contribution is 2.24. The van der Waals surface area contributed by atoms with Crippen LogP contribution in [-0.2, 0) is 4.74 Å². The Hall–Kier alpha value is -0.0800. The zero-order valence-corrected chi connectivity index (χ0v) is 8.31. The van der Waals surface area contributed by atoms with Crippen molar-refractivity contribution in [1.82, 2.24) is 5.32 Å². The van der Waals surface area contributed by atoms with Gasteiger partial charge in [-0.3, -0.25) is 0 Å². The van der Waals surface area contributed by atoms with Crippen LogP contribution in [0.25, 0.3) is 0 Å². The summed E-state index contributed by atoms with van der Waals surface area (Å²) < 4.78 is 4.99. The quantitative estimate of drug-likeness (QED) is 0.637. The van der Waals surface area contributed by atoms with Gasteiger partial charge < -0.3 is 10.1 Å². The molecule has 72 valence electrons. The lowest BCUT2D eigenvalue weighted by atomic mass is 10.1. The fraction of sp³-hybridized carbons (Fsp3) is 1.00. The summed E-state index contributed by atoms with van der Waals surface area (Å²) in [5.74, 6) is 0.935. The standard InChI is InChI=1S/C10H21NO/c1-9-4-5-10(8-9)11-6-3-7-12-2/h9-11H,3-8H2,1-2H3/t9-,10+/m1/s1. The smallest absolute Gasteiger partial charge is 0.0474 e. The SMILES string of the molecule is COCCCN[C@H]1CC[C@@H](C)C1. The topological polar surface area (TPSA) is 21.3 Å². The molecule has 0 saturated heterocycles. The van der Waals surface area contributed by atoms with Crippen LogP contribution in [-0.4, -0.2) is 26.3 Å². The number of methoxy groups -OCH3 is 1. The summed E-state index contributed by atoms with van der Waals surface area (Å²) in [4.78, 5) is 0. The van der Waals surface area contributed by atoms with Crippen molar-refractivity contribution in [2.45, 2.75) is 38.6 Å². The van der Waals surface area contributed by atoms with E-state index in [1.54, 1.807) is 7.11 Å². The van der Waals surface area contributed by atoms with Gasteiger partial charge in [-0.1, -0.05) is 6.92 Å². The van der Waals surface area contributed by atoms with E-state index in [9.17, 15) is 0 Å². The monoisotopic (exact) mass is 171 g/mol. The average Bonchev–Trinajstić information content (AvgIpc) is 2.45. The predicted molar refractivity (Wildman–Crippen MR) is 51.3 cm³/mol. The van der Waals surface area contributed by atoms with Crippen LogP contribution < -0.4 is 5.32 Å². The molecule has 2 nitrogen and oxygen atoms in total. The zero-order valence-electron chi connectivity index (χ0n) is 8.31. The largest absolute Gasteiger partial charge is 0.385 e. The summed E-state index contributed by atoms with van der Waals surface area (Å²) in [6, 6.07) is 0.789. The van der Waals surface area contributed by atoms with Gasteiger partial charge in [0.15, 0.2) is 0 Å². The van der Waals surface area contributed by atoms with Gasteiger partial charge in [0.05, 0.1) is 0 Å². The third-order valence-corrected chi connectivity index (χ3v) is 2.65. The summed E-state index contributed by atoms with van der Waals surface area (Å²) in [6.45, 7) is 4.34. The zero-order chi connectivity index (χ0) is 8.81. The molecular formula is C10H21NO. The molecule has 1 saturated carbocycles. The minimum atomic E-state index is 0.789. The molecule has 0 aliphatic heterocycles. The molecule has 0 aromatic heterocycles. The molecule has 0 spiro atoms. The number of hydrogen-bond acceptors (Lipinski definition) is 2. The Balaban J connectivity index is 1.93. The molecular weight excluding hydrogens is 150 g/mol. The first-order valence-electron chi connectivity index (χ1n) is 5.05. The lowest BCUT2D eigenvalue weighted by molar-refractivity contribution is 0.193. The van der Waals surface area contributed by atoms with E-state index in [1.807, 2.05) is 0 Å². The molecule has 1 fully saturated rings. The molecule has 1 aliphatic rings. The number of ether oxygens (including phenoxy) is 1. The maximum Gasteiger partial charge on any atom is 0.0474 e. The molecule has 0 aromatic carbocycles. The van der Waals surface area contributed by atoms with Gasteiger partial charge in [0, 0.05) is 19.8 Å². The van der Waals surface area contributed by atoms with Gasteiger partial charge in [-0.15, -0.1) is 0 Å². The maximum atomic E-state index is 4.99. The van der Waals surface area contributed by atoms with Crippen LogP contribution in [0.2, 0.25) is 0 Å². The second-order valence-electron chi connectivity index (χ2n) is 3.92. The van der Waals surface area contributed by atoms with Gasteiger partial charge in [0.1, 0.15) is 0 Å². The molecule has 0 unspecified atom stereocenters. The van der Waals surface area contributed by atoms with Gasteiger partial charge in [0.25, 0.3) is 0 Å². The van der Waals surface area contributed by atoms with Gasteiger partial charge in [-0.05, 0) is 38.1 Å². The number of hydrogen-bond donors (Lipinski definition) is 1. The third kappa shape index (κ3) is 3.55. The Bertz CT molecular complexity index is 116. The first-order valence-corrected chi connectivity index (χ1v) is 5.05. The average molecular weight is 171 g/mol. The fourth-order valence-corrected chi connectivity index (χ4v) is 1.92. The van der Waals surface area contributed by atoms with E-state index in [2.05, 4.69) is 12.2 Å². The van der Waals surface area contributed by atoms with Crippen molar-refractivity contribution < 1.29 is 4.74 Å². The minimum absolute atomic E-state index is 0.789. The van der Waals surface area contributed by atoms with Crippen molar-refractivity contribution >= 4 is 0 Å². The molecule has 2 atom stereocenters. The molecule has 1 rings (SSSR count). The molecule has 1 N–H and O–H groups in total.